The van der Waals surface area contributed by atoms with Gasteiger partial charge in [0.2, 0.25) is 0 Å². The number of rotatable bonds is 1. The Hall–Kier alpha value is -1.50. The van der Waals surface area contributed by atoms with Crippen molar-refractivity contribution in [1.82, 2.24) is 19.5 Å². The normalized spacial score (nSPS) is 12.1. The number of imidazole rings is 2. The van der Waals surface area contributed by atoms with E-state index in [9.17, 15) is 13.2 Å². The molecule has 8 heteroatoms. The van der Waals surface area contributed by atoms with Crippen molar-refractivity contribution in [3.8, 4) is 11.6 Å². The van der Waals surface area contributed by atoms with Crippen LogP contribution in [0.3, 0.4) is 0 Å². The molecule has 2 heterocycles. The SMILES string of the molecule is Cn1c(Cl)cnc1-c1ncc(C(F)(F)F)[nH]1. The molecule has 0 saturated heterocycles. The van der Waals surface area contributed by atoms with E-state index in [1.807, 2.05) is 0 Å². The third kappa shape index (κ3) is 1.78. The van der Waals surface area contributed by atoms with Crippen LogP contribution in [0.1, 0.15) is 5.69 Å². The lowest BCUT2D eigenvalue weighted by atomic mass is 10.5. The fourth-order valence-electron chi connectivity index (χ4n) is 1.19. The number of aromatic nitrogens is 4. The molecule has 0 radical (unpaired) electrons. The highest BCUT2D eigenvalue weighted by molar-refractivity contribution is 6.29. The van der Waals surface area contributed by atoms with E-state index in [4.69, 9.17) is 11.6 Å². The van der Waals surface area contributed by atoms with Crippen molar-refractivity contribution in [3.05, 3.63) is 23.2 Å². The molecule has 2 aromatic rings. The largest absolute Gasteiger partial charge is 0.432 e. The van der Waals surface area contributed by atoms with E-state index in [0.717, 1.165) is 6.20 Å². The molecule has 0 aliphatic heterocycles. The van der Waals surface area contributed by atoms with Crippen molar-refractivity contribution in [2.24, 2.45) is 7.05 Å². The Balaban J connectivity index is 2.43. The van der Waals surface area contributed by atoms with Crippen LogP contribution in [0, 0.1) is 0 Å². The molecule has 1 N–H and O–H groups in total. The molecule has 0 bridgehead atoms. The van der Waals surface area contributed by atoms with E-state index in [1.54, 1.807) is 7.05 Å². The zero-order valence-electron chi connectivity index (χ0n) is 8.01. The highest BCUT2D eigenvalue weighted by Gasteiger charge is 2.33. The Morgan fingerprint density at radius 2 is 2.00 bits per heavy atom. The van der Waals surface area contributed by atoms with Crippen LogP contribution in [0.5, 0.6) is 0 Å². The van der Waals surface area contributed by atoms with Gasteiger partial charge in [0.05, 0.1) is 12.4 Å². The summed E-state index contributed by atoms with van der Waals surface area (Å²) in [5, 5.41) is 0.319. The third-order valence-corrected chi connectivity index (χ3v) is 2.38. The second-order valence-electron chi connectivity index (χ2n) is 3.11. The van der Waals surface area contributed by atoms with Crippen LogP contribution in [0.2, 0.25) is 5.15 Å². The Morgan fingerprint density at radius 1 is 1.31 bits per heavy atom. The van der Waals surface area contributed by atoms with Gasteiger partial charge in [-0.2, -0.15) is 13.2 Å². The highest BCUT2D eigenvalue weighted by atomic mass is 35.5. The van der Waals surface area contributed by atoms with Gasteiger partial charge in [-0.3, -0.25) is 0 Å². The van der Waals surface area contributed by atoms with Gasteiger partial charge < -0.3 is 9.55 Å². The van der Waals surface area contributed by atoms with Crippen LogP contribution in [-0.2, 0) is 13.2 Å². The van der Waals surface area contributed by atoms with Crippen LogP contribution in [0.25, 0.3) is 11.6 Å². The van der Waals surface area contributed by atoms with Crippen molar-refractivity contribution in [2.45, 2.75) is 6.18 Å². The van der Waals surface area contributed by atoms with E-state index in [2.05, 4.69) is 15.0 Å². The van der Waals surface area contributed by atoms with Gasteiger partial charge in [0, 0.05) is 7.05 Å². The first-order valence-electron chi connectivity index (χ1n) is 4.19. The lowest BCUT2D eigenvalue weighted by molar-refractivity contribution is -0.140. The van der Waals surface area contributed by atoms with Crippen molar-refractivity contribution < 1.29 is 13.2 Å². The van der Waals surface area contributed by atoms with Crippen LogP contribution >= 0.6 is 11.6 Å². The van der Waals surface area contributed by atoms with E-state index in [1.165, 1.54) is 10.8 Å². The van der Waals surface area contributed by atoms with Gasteiger partial charge in [-0.15, -0.1) is 0 Å². The molecule has 0 fully saturated rings. The van der Waals surface area contributed by atoms with Crippen molar-refractivity contribution >= 4 is 11.6 Å². The maximum absolute atomic E-state index is 12.3. The maximum Gasteiger partial charge on any atom is 0.432 e. The fraction of sp³-hybridized carbons (Fsp3) is 0.250. The maximum atomic E-state index is 12.3. The first kappa shape index (κ1) is 11.0. The van der Waals surface area contributed by atoms with Gasteiger partial charge >= 0.3 is 6.18 Å². The van der Waals surface area contributed by atoms with Gasteiger partial charge in [0.1, 0.15) is 10.8 Å². The average molecular weight is 251 g/mol. The van der Waals surface area contributed by atoms with Crippen LogP contribution in [0.4, 0.5) is 13.2 Å². The minimum atomic E-state index is -4.44. The predicted octanol–water partition coefficient (Wildman–Crippen LogP) is 2.48. The van der Waals surface area contributed by atoms with Crippen LogP contribution in [0.15, 0.2) is 12.4 Å². The molecule has 2 aromatic heterocycles. The number of nitrogens with zero attached hydrogens (tertiary/aromatic N) is 3. The molecule has 0 aliphatic carbocycles. The zero-order valence-corrected chi connectivity index (χ0v) is 8.76. The summed E-state index contributed by atoms with van der Waals surface area (Å²) in [4.78, 5) is 9.61. The molecule has 0 spiro atoms. The number of hydrogen-bond donors (Lipinski definition) is 1. The Morgan fingerprint density at radius 3 is 2.44 bits per heavy atom. The van der Waals surface area contributed by atoms with Crippen LogP contribution in [-0.4, -0.2) is 19.5 Å². The lowest BCUT2D eigenvalue weighted by Crippen LogP contribution is -2.05. The molecule has 0 unspecified atom stereocenters. The van der Waals surface area contributed by atoms with Gasteiger partial charge in [0.25, 0.3) is 0 Å². The van der Waals surface area contributed by atoms with Gasteiger partial charge in [-0.25, -0.2) is 9.97 Å². The second kappa shape index (κ2) is 3.51. The van der Waals surface area contributed by atoms with Crippen molar-refractivity contribution in [2.75, 3.05) is 0 Å². The summed E-state index contributed by atoms with van der Waals surface area (Å²) in [6, 6.07) is 0. The number of hydrogen-bond acceptors (Lipinski definition) is 2. The van der Waals surface area contributed by atoms with Crippen molar-refractivity contribution in [1.29, 1.82) is 0 Å². The Kier molecular flexibility index (Phi) is 2.42. The Labute approximate surface area is 93.1 Å². The topological polar surface area (TPSA) is 46.5 Å². The first-order chi connectivity index (χ1) is 7.39. The lowest BCUT2D eigenvalue weighted by Gasteiger charge is -2.01. The van der Waals surface area contributed by atoms with Gasteiger partial charge in [-0.1, -0.05) is 11.6 Å². The summed E-state index contributed by atoms with van der Waals surface area (Å²) < 4.78 is 38.3. The van der Waals surface area contributed by atoms with E-state index >= 15 is 0 Å². The van der Waals surface area contributed by atoms with Gasteiger partial charge in [0.15, 0.2) is 11.6 Å². The summed E-state index contributed by atoms with van der Waals surface area (Å²) >= 11 is 5.71. The average Bonchev–Trinajstić information content (AvgIpc) is 2.74. The summed E-state index contributed by atoms with van der Waals surface area (Å²) in [7, 11) is 1.58. The number of halogens is 4. The molecule has 0 aliphatic rings. The minimum absolute atomic E-state index is 0.0294. The molecule has 0 aromatic carbocycles. The standard InChI is InChI=1S/C8H6ClF3N4/c1-16-5(9)3-14-7(16)6-13-2-4(15-6)8(10,11)12/h2-3H,1H3,(H,13,15). The fourth-order valence-corrected chi connectivity index (χ4v) is 1.32. The van der Waals surface area contributed by atoms with Crippen molar-refractivity contribution in [3.63, 3.8) is 0 Å². The number of alkyl halides is 3. The second-order valence-corrected chi connectivity index (χ2v) is 3.49. The molecule has 86 valence electrons. The third-order valence-electron chi connectivity index (χ3n) is 2.02. The summed E-state index contributed by atoms with van der Waals surface area (Å²) in [5.74, 6) is 0.280. The summed E-state index contributed by atoms with van der Waals surface area (Å²) in [5.41, 5.74) is -0.915. The smallest absolute Gasteiger partial charge is 0.332 e. The molecular formula is C8H6ClF3N4. The van der Waals surface area contributed by atoms with E-state index in [0.29, 0.717) is 5.15 Å². The minimum Gasteiger partial charge on any atom is -0.332 e. The number of H-pyrrole nitrogens is 1. The first-order valence-corrected chi connectivity index (χ1v) is 4.57. The molecule has 4 nitrogen and oxygen atoms in total. The summed E-state index contributed by atoms with van der Waals surface area (Å²) in [6.45, 7) is 0. The molecule has 16 heavy (non-hydrogen) atoms. The molecule has 2 rings (SSSR count). The highest BCUT2D eigenvalue weighted by Crippen LogP contribution is 2.29. The predicted molar refractivity (Wildman–Crippen MR) is 50.8 cm³/mol. The molecule has 0 atom stereocenters. The summed E-state index contributed by atoms with van der Waals surface area (Å²) in [6.07, 6.45) is -2.38. The number of aromatic amines is 1. The monoisotopic (exact) mass is 250 g/mol. The number of nitrogens with one attached hydrogen (secondary N) is 1. The van der Waals surface area contributed by atoms with E-state index < -0.39 is 11.9 Å². The molecule has 0 amide bonds. The quantitative estimate of drug-likeness (QED) is 0.845. The van der Waals surface area contributed by atoms with Crippen LogP contribution < -0.4 is 0 Å². The molecular weight excluding hydrogens is 245 g/mol. The van der Waals surface area contributed by atoms with E-state index in [-0.39, 0.29) is 11.6 Å². The zero-order chi connectivity index (χ0) is 11.9. The molecule has 0 saturated carbocycles. The van der Waals surface area contributed by atoms with Gasteiger partial charge in [-0.05, 0) is 0 Å². The Bertz CT molecular complexity index is 514.